The molecule has 1 atom stereocenters. The van der Waals surface area contributed by atoms with Gasteiger partial charge in [0.05, 0.1) is 18.5 Å². The maximum Gasteiger partial charge on any atom is 0.197 e. The molecule has 4 heterocycles. The molecule has 1 unspecified atom stereocenters. The van der Waals surface area contributed by atoms with Crippen molar-refractivity contribution in [2.45, 2.75) is 45.1 Å². The molecule has 5 rings (SSSR count). The van der Waals surface area contributed by atoms with Gasteiger partial charge in [-0.25, -0.2) is 14.5 Å². The highest BCUT2D eigenvalue weighted by Gasteiger charge is 2.29. The van der Waals surface area contributed by atoms with E-state index in [1.807, 2.05) is 19.3 Å². The molecule has 1 aliphatic carbocycles. The number of ether oxygens (including phenoxy) is 1. The average Bonchev–Trinajstić information content (AvgIpc) is 3.53. The second-order valence-electron chi connectivity index (χ2n) is 8.15. The van der Waals surface area contributed by atoms with Crippen LogP contribution in [0.5, 0.6) is 5.75 Å². The lowest BCUT2D eigenvalue weighted by molar-refractivity contribution is 0.416. The van der Waals surface area contributed by atoms with Crippen LogP contribution in [0.4, 0.5) is 3.89 Å². The van der Waals surface area contributed by atoms with Crippen LogP contribution < -0.4 is 10.1 Å². The van der Waals surface area contributed by atoms with Crippen LogP contribution in [-0.4, -0.2) is 49.0 Å². The number of hydrogen-bond acceptors (Lipinski definition) is 8. The highest BCUT2D eigenvalue weighted by molar-refractivity contribution is 7.92. The number of methoxy groups -OCH3 is 1. The van der Waals surface area contributed by atoms with Crippen molar-refractivity contribution in [2.75, 3.05) is 14.2 Å². The molecular weight excluding hydrogens is 449 g/mol. The van der Waals surface area contributed by atoms with Gasteiger partial charge in [0.25, 0.3) is 0 Å². The van der Waals surface area contributed by atoms with Crippen LogP contribution in [0.15, 0.2) is 18.6 Å². The fourth-order valence-electron chi connectivity index (χ4n) is 4.33. The number of nitrogens with one attached hydrogen (secondary N) is 1. The van der Waals surface area contributed by atoms with Crippen LogP contribution in [-0.2, 0) is 12.8 Å². The topological polar surface area (TPSA) is 82.2 Å². The van der Waals surface area contributed by atoms with Gasteiger partial charge in [-0.05, 0) is 38.3 Å². The summed E-state index contributed by atoms with van der Waals surface area (Å²) in [7, 11) is 3.59. The van der Waals surface area contributed by atoms with Crippen LogP contribution in [0.1, 0.15) is 42.3 Å². The normalized spacial score (nSPS) is 16.1. The van der Waals surface area contributed by atoms with Gasteiger partial charge in [-0.1, -0.05) is 13.8 Å². The highest BCUT2D eigenvalue weighted by Crippen LogP contribution is 2.42. The lowest BCUT2D eigenvalue weighted by Crippen LogP contribution is -2.30. The summed E-state index contributed by atoms with van der Waals surface area (Å²) >= 11 is 1.75. The molecule has 0 aromatic carbocycles. The summed E-state index contributed by atoms with van der Waals surface area (Å²) in [5.74, 6) is 0.667. The number of fused-ring (bicyclic) bond motifs is 2. The van der Waals surface area contributed by atoms with E-state index in [-0.39, 0.29) is 18.3 Å². The number of nitrogens with zero attached hydrogens (tertiary/aromatic N) is 6. The zero-order chi connectivity index (χ0) is 22.4. The minimum Gasteiger partial charge on any atom is -0.493 e. The molecule has 4 aromatic rings. The standard InChI is InChI=1S/C21H24FN7OS2/c1-11(2)17-18(21-26-14-6-5-13(23-3)8-16(14)31-21)27-29(32-22)19(17)12-7-15(30-4)20-24-10-25-28(20)9-12/h7,9-11,13,23H,5-6,8H2,1-4H3. The molecule has 8 nitrogen and oxygen atoms in total. The number of aromatic nitrogens is 6. The van der Waals surface area contributed by atoms with Crippen LogP contribution >= 0.6 is 23.7 Å². The van der Waals surface area contributed by atoms with Crippen molar-refractivity contribution in [1.82, 2.24) is 34.1 Å². The van der Waals surface area contributed by atoms with Crippen molar-refractivity contribution in [1.29, 1.82) is 0 Å². The quantitative estimate of drug-likeness (QED) is 0.447. The Hall–Kier alpha value is -2.50. The maximum absolute atomic E-state index is 14.1. The van der Waals surface area contributed by atoms with Gasteiger partial charge >= 0.3 is 0 Å². The third kappa shape index (κ3) is 3.48. The number of pyridine rings is 1. The lowest BCUT2D eigenvalue weighted by atomic mass is 9.97. The third-order valence-electron chi connectivity index (χ3n) is 5.92. The summed E-state index contributed by atoms with van der Waals surface area (Å²) in [6.45, 7) is 4.18. The Morgan fingerprint density at radius 3 is 2.94 bits per heavy atom. The first kappa shape index (κ1) is 21.4. The lowest BCUT2D eigenvalue weighted by Gasteiger charge is -2.19. The molecule has 32 heavy (non-hydrogen) atoms. The van der Waals surface area contributed by atoms with E-state index in [4.69, 9.17) is 9.72 Å². The van der Waals surface area contributed by atoms with Gasteiger partial charge in [0.2, 0.25) is 0 Å². The molecule has 0 bridgehead atoms. The molecule has 0 radical (unpaired) electrons. The molecule has 0 fully saturated rings. The van der Waals surface area contributed by atoms with Gasteiger partial charge in [0.1, 0.15) is 17.0 Å². The predicted octanol–water partition coefficient (Wildman–Crippen LogP) is 4.31. The van der Waals surface area contributed by atoms with Gasteiger partial charge in [-0.3, -0.25) is 0 Å². The van der Waals surface area contributed by atoms with E-state index < -0.39 is 0 Å². The van der Waals surface area contributed by atoms with Crippen LogP contribution in [0, 0.1) is 0 Å². The first-order valence-electron chi connectivity index (χ1n) is 10.5. The first-order chi connectivity index (χ1) is 15.5. The molecule has 11 heteroatoms. The number of likely N-dealkylation sites (N-methyl/N-ethyl adjacent to an activating group) is 1. The predicted molar refractivity (Wildman–Crippen MR) is 125 cm³/mol. The molecule has 1 N–H and O–H groups in total. The molecule has 0 amide bonds. The van der Waals surface area contributed by atoms with E-state index in [0.717, 1.165) is 46.8 Å². The molecule has 0 spiro atoms. The van der Waals surface area contributed by atoms with Gasteiger partial charge < -0.3 is 10.1 Å². The summed E-state index contributed by atoms with van der Waals surface area (Å²) in [5.41, 5.74) is 4.86. The zero-order valence-corrected chi connectivity index (χ0v) is 19.9. The Labute approximate surface area is 193 Å². The third-order valence-corrected chi connectivity index (χ3v) is 7.44. The Kier molecular flexibility index (Phi) is 5.64. The summed E-state index contributed by atoms with van der Waals surface area (Å²) in [6.07, 6.45) is 6.28. The summed E-state index contributed by atoms with van der Waals surface area (Å²) in [4.78, 5) is 10.4. The molecular formula is C21H24FN7OS2. The smallest absolute Gasteiger partial charge is 0.197 e. The Morgan fingerprint density at radius 1 is 1.38 bits per heavy atom. The maximum atomic E-state index is 14.1. The molecule has 0 aliphatic heterocycles. The SMILES string of the molecule is CNC1CCc2nc(-c3nn(SF)c(-c4cc(OC)c5ncnn5c4)c3C(C)C)sc2C1. The van der Waals surface area contributed by atoms with Crippen LogP contribution in [0.25, 0.3) is 27.6 Å². The molecule has 168 valence electrons. The fourth-order valence-corrected chi connectivity index (χ4v) is 5.90. The Balaban J connectivity index is 1.69. The van der Waals surface area contributed by atoms with E-state index in [9.17, 15) is 3.89 Å². The molecule has 4 aromatic heterocycles. The van der Waals surface area contributed by atoms with Crippen molar-refractivity contribution in [3.05, 3.63) is 34.7 Å². The number of rotatable bonds is 6. The minimum atomic E-state index is 0.0834. The fraction of sp³-hybridized carbons (Fsp3) is 0.429. The van der Waals surface area contributed by atoms with E-state index in [1.165, 1.54) is 15.3 Å². The van der Waals surface area contributed by atoms with E-state index in [2.05, 4.69) is 34.3 Å². The summed E-state index contributed by atoms with van der Waals surface area (Å²) in [5, 5.41) is 13.1. The van der Waals surface area contributed by atoms with E-state index in [0.29, 0.717) is 23.1 Å². The van der Waals surface area contributed by atoms with Crippen molar-refractivity contribution in [3.63, 3.8) is 0 Å². The highest BCUT2D eigenvalue weighted by atomic mass is 32.2. The van der Waals surface area contributed by atoms with Crippen molar-refractivity contribution < 1.29 is 8.62 Å². The van der Waals surface area contributed by atoms with Gasteiger partial charge in [-0.2, -0.15) is 14.3 Å². The second-order valence-corrected chi connectivity index (χ2v) is 9.72. The van der Waals surface area contributed by atoms with Gasteiger partial charge in [0.15, 0.2) is 23.7 Å². The van der Waals surface area contributed by atoms with E-state index >= 15 is 0 Å². The summed E-state index contributed by atoms with van der Waals surface area (Å²) in [6, 6.07) is 2.32. The number of thiazole rings is 1. The van der Waals surface area contributed by atoms with Gasteiger partial charge in [-0.15, -0.1) is 15.2 Å². The minimum absolute atomic E-state index is 0.0834. The Bertz CT molecular complexity index is 1280. The largest absolute Gasteiger partial charge is 0.493 e. The number of aryl methyl sites for hydroxylation is 1. The van der Waals surface area contributed by atoms with Crippen LogP contribution in [0.2, 0.25) is 0 Å². The Morgan fingerprint density at radius 2 is 2.22 bits per heavy atom. The van der Waals surface area contributed by atoms with E-state index in [1.54, 1.807) is 23.0 Å². The summed E-state index contributed by atoms with van der Waals surface area (Å²) < 4.78 is 22.6. The molecule has 1 aliphatic rings. The van der Waals surface area contributed by atoms with Gasteiger partial charge in [0, 0.05) is 28.2 Å². The van der Waals surface area contributed by atoms with Crippen molar-refractivity contribution in [2.24, 2.45) is 0 Å². The molecule has 0 saturated heterocycles. The van der Waals surface area contributed by atoms with Crippen LogP contribution in [0.3, 0.4) is 0 Å². The van der Waals surface area contributed by atoms with Crippen molar-refractivity contribution >= 4 is 29.3 Å². The average molecular weight is 474 g/mol. The zero-order valence-electron chi connectivity index (χ0n) is 18.3. The number of halogens is 1. The first-order valence-corrected chi connectivity index (χ1v) is 12.0. The second kappa shape index (κ2) is 8.45. The number of hydrogen-bond donors (Lipinski definition) is 1. The monoisotopic (exact) mass is 473 g/mol. The van der Waals surface area contributed by atoms with Crippen molar-refractivity contribution in [3.8, 4) is 27.7 Å². The molecule has 0 saturated carbocycles.